The van der Waals surface area contributed by atoms with E-state index < -0.39 is 0 Å². The monoisotopic (exact) mass is 283 g/mol. The van der Waals surface area contributed by atoms with Crippen LogP contribution in [-0.2, 0) is 0 Å². The summed E-state index contributed by atoms with van der Waals surface area (Å²) < 4.78 is 0. The van der Waals surface area contributed by atoms with E-state index in [-0.39, 0.29) is 0 Å². The molecule has 20 heavy (non-hydrogen) atoms. The number of thiazole rings is 1. The lowest BCUT2D eigenvalue weighted by Crippen LogP contribution is -2.13. The van der Waals surface area contributed by atoms with E-state index in [0.717, 1.165) is 18.2 Å². The molecular weight excluding hydrogens is 266 g/mol. The summed E-state index contributed by atoms with van der Waals surface area (Å²) in [5.41, 5.74) is 1.18. The summed E-state index contributed by atoms with van der Waals surface area (Å²) in [4.78, 5) is 5.52. The van der Waals surface area contributed by atoms with Crippen LogP contribution in [0.4, 0.5) is 10.8 Å². The lowest BCUT2D eigenvalue weighted by atomic mass is 10.1. The van der Waals surface area contributed by atoms with E-state index in [9.17, 15) is 0 Å². The third kappa shape index (κ3) is 2.91. The van der Waals surface area contributed by atoms with Gasteiger partial charge in [0.05, 0.1) is 0 Å². The molecule has 0 amide bonds. The second-order valence-electron chi connectivity index (χ2n) is 4.66. The molecule has 2 aromatic carbocycles. The minimum absolute atomic E-state index is 0.857. The van der Waals surface area contributed by atoms with E-state index >= 15 is 0 Å². The molecule has 0 fully saturated rings. The summed E-state index contributed by atoms with van der Waals surface area (Å²) >= 11 is 1.69. The van der Waals surface area contributed by atoms with Crippen LogP contribution >= 0.6 is 11.3 Å². The van der Waals surface area contributed by atoms with E-state index in [2.05, 4.69) is 65.0 Å². The molecule has 3 rings (SSSR count). The molecule has 0 atom stereocenters. The van der Waals surface area contributed by atoms with E-state index in [1.165, 1.54) is 21.3 Å². The van der Waals surface area contributed by atoms with Gasteiger partial charge in [0.1, 0.15) is 0 Å². The van der Waals surface area contributed by atoms with Gasteiger partial charge in [-0.15, -0.1) is 11.3 Å². The number of nitrogens with one attached hydrogen (secondary N) is 2. The number of hydrogen-bond donors (Lipinski definition) is 2. The quantitative estimate of drug-likeness (QED) is 0.691. The van der Waals surface area contributed by atoms with Crippen LogP contribution in [-0.4, -0.2) is 18.1 Å². The molecule has 0 aliphatic rings. The Bertz CT molecular complexity index is 700. The van der Waals surface area contributed by atoms with Gasteiger partial charge in [0.25, 0.3) is 0 Å². The highest BCUT2D eigenvalue weighted by Gasteiger charge is 2.00. The van der Waals surface area contributed by atoms with Gasteiger partial charge in [0.15, 0.2) is 5.13 Å². The molecule has 0 saturated heterocycles. The maximum absolute atomic E-state index is 4.29. The number of fused-ring (bicyclic) bond motifs is 1. The normalized spacial score (nSPS) is 10.7. The van der Waals surface area contributed by atoms with Crippen molar-refractivity contribution in [2.24, 2.45) is 0 Å². The molecule has 0 bridgehead atoms. The largest absolute Gasteiger partial charge is 0.383 e. The molecule has 0 spiro atoms. The Hall–Kier alpha value is -2.07. The number of hydrogen-bond acceptors (Lipinski definition) is 4. The highest BCUT2D eigenvalue weighted by Crippen LogP contribution is 2.22. The Labute approximate surface area is 122 Å². The van der Waals surface area contributed by atoms with Gasteiger partial charge in [-0.2, -0.15) is 0 Å². The standard InChI is InChI=1S/C16H17N3S/c1-12-11-19-16(20-12)18-10-9-17-15-8-4-6-13-5-2-3-7-14(13)15/h2-8,11,17H,9-10H2,1H3,(H,18,19). The summed E-state index contributed by atoms with van der Waals surface area (Å²) in [5, 5.41) is 10.3. The minimum atomic E-state index is 0.857. The van der Waals surface area contributed by atoms with E-state index in [1.54, 1.807) is 11.3 Å². The fraction of sp³-hybridized carbons (Fsp3) is 0.188. The summed E-state index contributed by atoms with van der Waals surface area (Å²) in [5.74, 6) is 0. The molecule has 0 aliphatic heterocycles. The maximum atomic E-state index is 4.29. The van der Waals surface area contributed by atoms with Crippen molar-refractivity contribution in [2.75, 3.05) is 23.7 Å². The first-order valence-corrected chi connectivity index (χ1v) is 7.52. The molecule has 0 aliphatic carbocycles. The van der Waals surface area contributed by atoms with Gasteiger partial charge in [-0.3, -0.25) is 0 Å². The Kier molecular flexibility index (Phi) is 3.83. The fourth-order valence-electron chi connectivity index (χ4n) is 2.18. The molecule has 1 aromatic heterocycles. The van der Waals surface area contributed by atoms with Gasteiger partial charge in [0.2, 0.25) is 0 Å². The van der Waals surface area contributed by atoms with Crippen molar-refractivity contribution >= 4 is 32.9 Å². The molecule has 0 unspecified atom stereocenters. The average molecular weight is 283 g/mol. The third-order valence-electron chi connectivity index (χ3n) is 3.13. The molecular formula is C16H17N3S. The molecule has 2 N–H and O–H groups in total. The summed E-state index contributed by atoms with van der Waals surface area (Å²) in [7, 11) is 0. The second-order valence-corrected chi connectivity index (χ2v) is 5.89. The first kappa shape index (κ1) is 12.9. The van der Waals surface area contributed by atoms with Crippen molar-refractivity contribution in [3.8, 4) is 0 Å². The van der Waals surface area contributed by atoms with Crippen molar-refractivity contribution in [1.29, 1.82) is 0 Å². The van der Waals surface area contributed by atoms with E-state index in [1.807, 2.05) is 6.20 Å². The van der Waals surface area contributed by atoms with Crippen molar-refractivity contribution in [3.05, 3.63) is 53.5 Å². The first-order chi connectivity index (χ1) is 9.83. The molecule has 0 saturated carbocycles. The fourth-order valence-corrected chi connectivity index (χ4v) is 2.87. The average Bonchev–Trinajstić information content (AvgIpc) is 2.89. The van der Waals surface area contributed by atoms with Gasteiger partial charge in [-0.05, 0) is 18.4 Å². The highest BCUT2D eigenvalue weighted by atomic mass is 32.1. The van der Waals surface area contributed by atoms with Gasteiger partial charge in [0, 0.05) is 35.2 Å². The van der Waals surface area contributed by atoms with Gasteiger partial charge in [-0.1, -0.05) is 36.4 Å². The SMILES string of the molecule is Cc1cnc(NCCNc2cccc3ccccc23)s1. The zero-order valence-corrected chi connectivity index (χ0v) is 12.2. The number of aryl methyl sites for hydroxylation is 1. The van der Waals surface area contributed by atoms with Crippen molar-refractivity contribution in [3.63, 3.8) is 0 Å². The molecule has 1 heterocycles. The van der Waals surface area contributed by atoms with Crippen LogP contribution in [0.25, 0.3) is 10.8 Å². The maximum Gasteiger partial charge on any atom is 0.182 e. The van der Waals surface area contributed by atoms with Crippen molar-refractivity contribution in [1.82, 2.24) is 4.98 Å². The zero-order chi connectivity index (χ0) is 13.8. The Balaban J connectivity index is 1.60. The zero-order valence-electron chi connectivity index (χ0n) is 11.4. The molecule has 0 radical (unpaired) electrons. The summed E-state index contributed by atoms with van der Waals surface area (Å²) in [6.45, 7) is 3.79. The van der Waals surface area contributed by atoms with Crippen LogP contribution in [0.1, 0.15) is 4.88 Å². The number of rotatable bonds is 5. The molecule has 102 valence electrons. The summed E-state index contributed by atoms with van der Waals surface area (Å²) in [6, 6.07) is 14.8. The predicted octanol–water partition coefficient (Wildman–Crippen LogP) is 4.13. The number of benzene rings is 2. The van der Waals surface area contributed by atoms with Gasteiger partial charge >= 0.3 is 0 Å². The van der Waals surface area contributed by atoms with E-state index in [0.29, 0.717) is 0 Å². The number of anilines is 2. The second kappa shape index (κ2) is 5.92. The Morgan fingerprint density at radius 1 is 1.00 bits per heavy atom. The number of nitrogens with zero attached hydrogens (tertiary/aromatic N) is 1. The van der Waals surface area contributed by atoms with Crippen LogP contribution in [0, 0.1) is 6.92 Å². The Morgan fingerprint density at radius 2 is 1.80 bits per heavy atom. The minimum Gasteiger partial charge on any atom is -0.383 e. The van der Waals surface area contributed by atoms with Crippen LogP contribution in [0.15, 0.2) is 48.7 Å². The van der Waals surface area contributed by atoms with Gasteiger partial charge in [-0.25, -0.2) is 4.98 Å². The van der Waals surface area contributed by atoms with Crippen LogP contribution < -0.4 is 10.6 Å². The van der Waals surface area contributed by atoms with Gasteiger partial charge < -0.3 is 10.6 Å². The van der Waals surface area contributed by atoms with Crippen LogP contribution in [0.5, 0.6) is 0 Å². The molecule has 3 nitrogen and oxygen atoms in total. The Morgan fingerprint density at radius 3 is 2.65 bits per heavy atom. The van der Waals surface area contributed by atoms with Crippen molar-refractivity contribution in [2.45, 2.75) is 6.92 Å². The van der Waals surface area contributed by atoms with E-state index in [4.69, 9.17) is 0 Å². The van der Waals surface area contributed by atoms with Crippen LogP contribution in [0.2, 0.25) is 0 Å². The van der Waals surface area contributed by atoms with Crippen LogP contribution in [0.3, 0.4) is 0 Å². The topological polar surface area (TPSA) is 37.0 Å². The third-order valence-corrected chi connectivity index (χ3v) is 4.00. The predicted molar refractivity (Wildman–Crippen MR) is 87.8 cm³/mol. The molecule has 3 aromatic rings. The lowest BCUT2D eigenvalue weighted by Gasteiger charge is -2.10. The summed E-state index contributed by atoms with van der Waals surface area (Å²) in [6.07, 6.45) is 1.89. The highest BCUT2D eigenvalue weighted by molar-refractivity contribution is 7.15. The number of aromatic nitrogens is 1. The molecule has 4 heteroatoms. The van der Waals surface area contributed by atoms with Crippen molar-refractivity contribution < 1.29 is 0 Å². The first-order valence-electron chi connectivity index (χ1n) is 6.71. The smallest absolute Gasteiger partial charge is 0.182 e. The lowest BCUT2D eigenvalue weighted by molar-refractivity contribution is 1.07.